The van der Waals surface area contributed by atoms with Crippen LogP contribution in [0, 0.1) is 92.5 Å². The third-order valence-corrected chi connectivity index (χ3v) is 24.5. The highest BCUT2D eigenvalue weighted by molar-refractivity contribution is 5.68. The summed E-state index contributed by atoms with van der Waals surface area (Å²) in [5.41, 5.74) is 46.5. The molecule has 0 bridgehead atoms. The van der Waals surface area contributed by atoms with Crippen molar-refractivity contribution in [3.63, 3.8) is 0 Å². The number of allylic oxidation sites excluding steroid dienone is 1. The molecule has 0 radical (unpaired) electrons. The van der Waals surface area contributed by atoms with Gasteiger partial charge in [0, 0.05) is 149 Å². The summed E-state index contributed by atoms with van der Waals surface area (Å²) in [6.07, 6.45) is 27.4. The minimum Gasteiger partial charge on any atom is -0.444 e. The molecule has 37 nitrogen and oxygen atoms in total. The van der Waals surface area contributed by atoms with Crippen molar-refractivity contribution in [2.75, 3.05) is 353 Å². The van der Waals surface area contributed by atoms with Crippen molar-refractivity contribution in [2.24, 2.45) is 45.9 Å². The molecule has 0 spiro atoms. The highest BCUT2D eigenvalue weighted by Crippen LogP contribution is 2.15. The quantitative estimate of drug-likeness (QED) is 0.0155. The van der Waals surface area contributed by atoms with Crippen LogP contribution in [0.5, 0.6) is 0 Å². The summed E-state index contributed by atoms with van der Waals surface area (Å²) >= 11 is 0. The van der Waals surface area contributed by atoms with Crippen LogP contribution in [0.2, 0.25) is 0 Å². The van der Waals surface area contributed by atoms with Gasteiger partial charge in [-0.05, 0) is 392 Å². The van der Waals surface area contributed by atoms with E-state index >= 15 is 0 Å². The monoisotopic (exact) mass is 1990 g/mol. The topological polar surface area (TPSA) is 505 Å². The van der Waals surface area contributed by atoms with Crippen molar-refractivity contribution < 1.29 is 19.1 Å². The summed E-state index contributed by atoms with van der Waals surface area (Å²) in [7, 11) is 0. The summed E-state index contributed by atoms with van der Waals surface area (Å²) in [6.45, 7) is 75.1. The van der Waals surface area contributed by atoms with Crippen molar-refractivity contribution in [1.29, 1.82) is 36.8 Å². The van der Waals surface area contributed by atoms with Gasteiger partial charge in [-0.1, -0.05) is 32.3 Å². The summed E-state index contributed by atoms with van der Waals surface area (Å²) in [4.78, 5) is 66.4. The number of rotatable bonds is 98. The first-order chi connectivity index (χ1) is 68.9. The Balaban J connectivity index is -0.00000262. The molecule has 0 aromatic heterocycles. The van der Waals surface area contributed by atoms with Gasteiger partial charge in [-0.3, -0.25) is 9.80 Å². The molecular weight excluding hydrogens is 1790 g/mol. The largest absolute Gasteiger partial charge is 0.444 e. The predicted octanol–water partition coefficient (Wildman–Crippen LogP) is 8.30. The average molecular weight is 2000 g/mol. The number of unbranched alkanes of at least 4 members (excludes halogenated alkanes) is 6. The van der Waals surface area contributed by atoms with Gasteiger partial charge in [-0.25, -0.2) is 22.7 Å². The Kier molecular flexibility index (Phi) is 102. The molecule has 0 aromatic rings. The molecule has 0 unspecified atom stereocenters. The fourth-order valence-electron chi connectivity index (χ4n) is 16.8. The van der Waals surface area contributed by atoms with E-state index in [1.165, 1.54) is 6.08 Å². The zero-order valence-electron chi connectivity index (χ0n) is 90.7. The Bertz CT molecular complexity index is 2870. The Morgan fingerprint density at radius 1 is 0.254 bits per heavy atom. The molecule has 0 aliphatic rings. The van der Waals surface area contributed by atoms with Crippen LogP contribution >= 0.6 is 0 Å². The maximum absolute atomic E-state index is 12.2. The van der Waals surface area contributed by atoms with Gasteiger partial charge in [0.25, 0.3) is 0 Å². The van der Waals surface area contributed by atoms with Crippen LogP contribution in [0.15, 0.2) is 12.7 Å². The van der Waals surface area contributed by atoms with Crippen molar-refractivity contribution in [3.05, 3.63) is 35.5 Å². The number of amides is 2. The molecule has 0 heterocycles. The number of carbonyl (C=O) groups excluding carboxylic acids is 2. The Hall–Kier alpha value is -7.19. The number of hydrogen-bond donors (Lipinski definition) is 10. The number of carbonyl (C=O) groups is 2. The molecule has 2 amide bonds. The maximum Gasteiger partial charge on any atom is 0.407 e. The fraction of sp³-hybridized carbons (Fsp3) is 0.876. The SMILES string of the molecule is C=CC#N.CC(C)(C)OC(=O)NCCCCCCN(CCN(CCCN(CCCN)CCCN)CCCN(CCCN)CCCN)CCN(CCCN(CCCN)CCCN)CCCN(CCCN)CCCN.[C-]#[N+]CCN(CCC#N)CCCN(CCCN(CCC#N)CCC#N)CCN(CCCCCCNC(=O)OC(C)(C)C)CCN(CCCN(CCC#N)CCC#N)CCCN(CCC#N)CC[N+]#[C-]. The minimum absolute atomic E-state index is 0.335. The summed E-state index contributed by atoms with van der Waals surface area (Å²) in [5.74, 6) is 0. The molecule has 0 rings (SSSR count). The summed E-state index contributed by atoms with van der Waals surface area (Å²) < 4.78 is 10.8. The van der Waals surface area contributed by atoms with E-state index in [0.717, 1.165) is 429 Å². The molecule has 0 saturated heterocycles. The van der Waals surface area contributed by atoms with Gasteiger partial charge in [0.1, 0.15) is 11.2 Å². The van der Waals surface area contributed by atoms with Crippen LogP contribution in [-0.2, 0) is 9.47 Å². The second-order valence-electron chi connectivity index (χ2n) is 39.0. The lowest BCUT2D eigenvalue weighted by atomic mass is 10.2. The third kappa shape index (κ3) is 95.0. The van der Waals surface area contributed by atoms with Gasteiger partial charge in [0.2, 0.25) is 13.1 Å². The molecule has 0 atom stereocenters. The molecule has 0 aliphatic heterocycles. The van der Waals surface area contributed by atoms with Gasteiger partial charge in [-0.15, -0.1) is 0 Å². The number of nitriles is 7. The van der Waals surface area contributed by atoms with E-state index < -0.39 is 17.3 Å². The lowest BCUT2D eigenvalue weighted by Crippen LogP contribution is -2.42. The predicted molar refractivity (Wildman–Crippen MR) is 582 cm³/mol. The third-order valence-electron chi connectivity index (χ3n) is 24.5. The highest BCUT2D eigenvalue weighted by Gasteiger charge is 2.23. The van der Waals surface area contributed by atoms with Crippen molar-refractivity contribution in [3.8, 4) is 42.5 Å². The molecule has 0 fully saturated rings. The first-order valence-electron chi connectivity index (χ1n) is 54.4. The van der Waals surface area contributed by atoms with Crippen LogP contribution < -0.4 is 56.5 Å². The number of nitrogens with one attached hydrogen (secondary N) is 2. The van der Waals surface area contributed by atoms with Crippen LogP contribution in [0.1, 0.15) is 234 Å². The summed E-state index contributed by atoms with van der Waals surface area (Å²) in [6, 6.07) is 15.2. The number of nitrogens with two attached hydrogens (primary N) is 8. The van der Waals surface area contributed by atoms with Crippen molar-refractivity contribution >= 4 is 12.2 Å². The van der Waals surface area contributed by atoms with E-state index in [0.29, 0.717) is 117 Å². The van der Waals surface area contributed by atoms with E-state index in [-0.39, 0.29) is 6.09 Å². The molecular formula is C105H207N33O4. The lowest BCUT2D eigenvalue weighted by molar-refractivity contribution is 0.0515. The summed E-state index contributed by atoms with van der Waals surface area (Å²) in [5, 5.41) is 68.9. The van der Waals surface area contributed by atoms with Gasteiger partial charge < -0.3 is 134 Å². The molecule has 18 N–H and O–H groups in total. The number of hydrogen-bond acceptors (Lipinski definition) is 33. The van der Waals surface area contributed by atoms with E-state index in [9.17, 15) is 41.2 Å². The van der Waals surface area contributed by atoms with Gasteiger partial charge in [0.05, 0.1) is 55.6 Å². The first kappa shape index (κ1) is 139. The number of nitrogens with zero attached hydrogens (tertiary/aromatic N) is 23. The van der Waals surface area contributed by atoms with Gasteiger partial charge in [-0.2, -0.15) is 36.8 Å². The van der Waals surface area contributed by atoms with Gasteiger partial charge in [0.15, 0.2) is 0 Å². The lowest BCUT2D eigenvalue weighted by Gasteiger charge is -2.32. The number of alkyl carbamates (subject to hydrolysis) is 2. The van der Waals surface area contributed by atoms with Crippen molar-refractivity contribution in [2.45, 2.75) is 245 Å². The standard InChI is InChI=1S/C51H86N16O2.C51H118N16O2.C3H3N/c1-51(2,3)69-50(68)60-26-8-6-7-9-29-67(48-46-65(40-16-36-61(30-10-20-52)31-11-21-53)42-18-38-63(34-14-24-56)44-27-58-4)49-47-66(41-17-37-62(32-12-22-54)33-13-23-55)43-19-39-64(35-15-25-57)45-28-59-5;1-51(2,3)69-50(68)60-28-6-4-5-7-29-67(48-46-65(42-16-38-61(30-8-20-52)31-9-21-53)43-17-39-62(32-10-22-54)33-11-23-55)49-47-66(44-18-40-63(34-12-24-56)35-13-25-57)45-19-41-64(36-14-26-58)37-15-27-59;1-2-3-4/h6-19,26-49H2,1-3H3,(H,60,68);4-49,52-59H2,1-3H3,(H,60,68);2H,1H2. The van der Waals surface area contributed by atoms with Crippen LogP contribution in [-0.4, -0.2) is 445 Å². The zero-order chi connectivity index (χ0) is 106. The molecule has 0 aliphatic carbocycles. The average Bonchev–Trinajstić information content (AvgIpc) is 0.910. The molecule has 816 valence electrons. The van der Waals surface area contributed by atoms with E-state index in [2.05, 4.69) is 132 Å². The second kappa shape index (κ2) is 104. The second-order valence-corrected chi connectivity index (χ2v) is 39.0. The van der Waals surface area contributed by atoms with Crippen LogP contribution in [0.3, 0.4) is 0 Å². The Morgan fingerprint density at radius 2 is 0.401 bits per heavy atom. The van der Waals surface area contributed by atoms with Gasteiger partial charge >= 0.3 is 12.2 Å². The van der Waals surface area contributed by atoms with E-state index in [4.69, 9.17) is 73.7 Å². The zero-order valence-corrected chi connectivity index (χ0v) is 90.7. The molecule has 0 saturated carbocycles. The highest BCUT2D eigenvalue weighted by atomic mass is 16.6. The fourth-order valence-corrected chi connectivity index (χ4v) is 16.8. The molecule has 37 heteroatoms. The van der Waals surface area contributed by atoms with Crippen LogP contribution in [0.4, 0.5) is 9.59 Å². The smallest absolute Gasteiger partial charge is 0.407 e. The molecule has 142 heavy (non-hydrogen) atoms. The van der Waals surface area contributed by atoms with E-state index in [1.807, 2.05) is 41.5 Å². The number of ether oxygens (including phenoxy) is 2. The molecule has 0 aromatic carbocycles. The normalized spacial score (nSPS) is 11.6. The minimum atomic E-state index is -0.542. The van der Waals surface area contributed by atoms with Crippen LogP contribution in [0.25, 0.3) is 9.69 Å². The van der Waals surface area contributed by atoms with Crippen molar-refractivity contribution in [1.82, 2.24) is 79.2 Å². The maximum atomic E-state index is 12.2. The first-order valence-corrected chi connectivity index (χ1v) is 54.4. The van der Waals surface area contributed by atoms with E-state index in [1.54, 1.807) is 6.07 Å². The Morgan fingerprint density at radius 3 is 0.563 bits per heavy atom. The Labute approximate surface area is 865 Å².